The zero-order valence-electron chi connectivity index (χ0n) is 11.4. The van der Waals surface area contributed by atoms with Crippen LogP contribution in [0.3, 0.4) is 0 Å². The molecule has 0 amide bonds. The van der Waals surface area contributed by atoms with Crippen LogP contribution in [-0.2, 0) is 6.54 Å². The molecule has 1 atom stereocenters. The standard InChI is InChI=1S/C15H17BrN2O2/c1-10-8-18(5-4-17-10)9-11-6-15(19)20-14-7-12(16)2-3-13(11)14/h2-3,6-7,10,17H,4-5,8-9H2,1H3. The van der Waals surface area contributed by atoms with Gasteiger partial charge < -0.3 is 9.73 Å². The maximum absolute atomic E-state index is 11.7. The number of nitrogens with zero attached hydrogens (tertiary/aromatic N) is 1. The van der Waals surface area contributed by atoms with Gasteiger partial charge in [-0.2, -0.15) is 0 Å². The van der Waals surface area contributed by atoms with Crippen LogP contribution in [0.2, 0.25) is 0 Å². The maximum atomic E-state index is 11.7. The van der Waals surface area contributed by atoms with Gasteiger partial charge in [-0.05, 0) is 30.7 Å². The highest BCUT2D eigenvalue weighted by atomic mass is 79.9. The first kappa shape index (κ1) is 13.8. The normalized spacial score (nSPS) is 20.4. The lowest BCUT2D eigenvalue weighted by Gasteiger charge is -2.31. The van der Waals surface area contributed by atoms with Crippen molar-refractivity contribution in [3.8, 4) is 0 Å². The second kappa shape index (κ2) is 5.68. The van der Waals surface area contributed by atoms with Gasteiger partial charge in [0.25, 0.3) is 0 Å². The Morgan fingerprint density at radius 2 is 2.30 bits per heavy atom. The lowest BCUT2D eigenvalue weighted by atomic mass is 10.1. The molecule has 0 spiro atoms. The van der Waals surface area contributed by atoms with Crippen LogP contribution in [0.5, 0.6) is 0 Å². The lowest BCUT2D eigenvalue weighted by molar-refractivity contribution is 0.200. The molecule has 4 nitrogen and oxygen atoms in total. The van der Waals surface area contributed by atoms with Crippen molar-refractivity contribution in [2.45, 2.75) is 19.5 Å². The lowest BCUT2D eigenvalue weighted by Crippen LogP contribution is -2.48. The Morgan fingerprint density at radius 1 is 1.45 bits per heavy atom. The summed E-state index contributed by atoms with van der Waals surface area (Å²) in [7, 11) is 0. The van der Waals surface area contributed by atoms with Crippen LogP contribution in [0, 0.1) is 0 Å². The van der Waals surface area contributed by atoms with E-state index in [0.717, 1.165) is 41.6 Å². The van der Waals surface area contributed by atoms with Gasteiger partial charge in [-0.1, -0.05) is 15.9 Å². The summed E-state index contributed by atoms with van der Waals surface area (Å²) in [5, 5.41) is 4.44. The van der Waals surface area contributed by atoms with Crippen LogP contribution >= 0.6 is 15.9 Å². The number of fused-ring (bicyclic) bond motifs is 1. The summed E-state index contributed by atoms with van der Waals surface area (Å²) in [5.41, 5.74) is 1.40. The molecule has 3 rings (SSSR count). The molecule has 1 unspecified atom stereocenters. The number of hydrogen-bond donors (Lipinski definition) is 1. The molecule has 2 aromatic rings. The Bertz CT molecular complexity index is 683. The maximum Gasteiger partial charge on any atom is 0.336 e. The molecule has 1 fully saturated rings. The first-order chi connectivity index (χ1) is 9.61. The van der Waals surface area contributed by atoms with Gasteiger partial charge in [-0.25, -0.2) is 4.79 Å². The molecule has 1 N–H and O–H groups in total. The Morgan fingerprint density at radius 3 is 3.10 bits per heavy atom. The molecule has 2 heterocycles. The Balaban J connectivity index is 1.96. The molecule has 20 heavy (non-hydrogen) atoms. The second-order valence-electron chi connectivity index (χ2n) is 5.32. The third-order valence-electron chi connectivity index (χ3n) is 3.64. The molecule has 1 aromatic heterocycles. The van der Waals surface area contributed by atoms with E-state index >= 15 is 0 Å². The minimum absolute atomic E-state index is 0.284. The summed E-state index contributed by atoms with van der Waals surface area (Å²) in [5.74, 6) is 0. The summed E-state index contributed by atoms with van der Waals surface area (Å²) < 4.78 is 6.19. The van der Waals surface area contributed by atoms with Crippen LogP contribution in [0.25, 0.3) is 11.0 Å². The molecule has 1 aromatic carbocycles. The minimum Gasteiger partial charge on any atom is -0.423 e. The minimum atomic E-state index is -0.284. The highest BCUT2D eigenvalue weighted by molar-refractivity contribution is 9.10. The van der Waals surface area contributed by atoms with Crippen molar-refractivity contribution < 1.29 is 4.42 Å². The van der Waals surface area contributed by atoms with Gasteiger partial charge >= 0.3 is 5.63 Å². The number of hydrogen-bond acceptors (Lipinski definition) is 4. The highest BCUT2D eigenvalue weighted by Gasteiger charge is 2.17. The van der Waals surface area contributed by atoms with Gasteiger partial charge in [-0.3, -0.25) is 4.90 Å². The van der Waals surface area contributed by atoms with Gasteiger partial charge in [0.05, 0.1) is 0 Å². The molecule has 0 bridgehead atoms. The van der Waals surface area contributed by atoms with Gasteiger partial charge in [0.15, 0.2) is 0 Å². The van der Waals surface area contributed by atoms with Gasteiger partial charge in [-0.15, -0.1) is 0 Å². The number of benzene rings is 1. The molecule has 1 aliphatic rings. The zero-order valence-corrected chi connectivity index (χ0v) is 12.9. The van der Waals surface area contributed by atoms with Crippen molar-refractivity contribution in [1.29, 1.82) is 0 Å². The van der Waals surface area contributed by atoms with Crippen LogP contribution in [0.4, 0.5) is 0 Å². The molecule has 0 aliphatic carbocycles. The average Bonchev–Trinajstić information content (AvgIpc) is 2.37. The first-order valence-electron chi connectivity index (χ1n) is 6.80. The van der Waals surface area contributed by atoms with Gasteiger partial charge in [0.2, 0.25) is 0 Å². The van der Waals surface area contributed by atoms with E-state index in [9.17, 15) is 4.79 Å². The van der Waals surface area contributed by atoms with Crippen LogP contribution in [-0.4, -0.2) is 30.6 Å². The predicted molar refractivity (Wildman–Crippen MR) is 82.9 cm³/mol. The molecular formula is C15H17BrN2O2. The van der Waals surface area contributed by atoms with Gasteiger partial charge in [0, 0.05) is 48.1 Å². The van der Waals surface area contributed by atoms with E-state index in [2.05, 4.69) is 33.1 Å². The van der Waals surface area contributed by atoms with E-state index in [1.807, 2.05) is 18.2 Å². The van der Waals surface area contributed by atoms with Crippen LogP contribution < -0.4 is 10.9 Å². The zero-order chi connectivity index (χ0) is 14.1. The molecule has 1 saturated heterocycles. The van der Waals surface area contributed by atoms with E-state index in [1.165, 1.54) is 0 Å². The second-order valence-corrected chi connectivity index (χ2v) is 6.24. The molecule has 0 radical (unpaired) electrons. The van der Waals surface area contributed by atoms with Crippen molar-refractivity contribution in [2.24, 2.45) is 0 Å². The molecule has 0 saturated carbocycles. The fraction of sp³-hybridized carbons (Fsp3) is 0.400. The molecule has 1 aliphatic heterocycles. The van der Waals surface area contributed by atoms with Crippen molar-refractivity contribution in [1.82, 2.24) is 10.2 Å². The van der Waals surface area contributed by atoms with E-state index in [1.54, 1.807) is 6.07 Å². The summed E-state index contributed by atoms with van der Waals surface area (Å²) >= 11 is 3.41. The summed E-state index contributed by atoms with van der Waals surface area (Å²) in [6, 6.07) is 7.93. The summed E-state index contributed by atoms with van der Waals surface area (Å²) in [6.45, 7) is 5.96. The van der Waals surface area contributed by atoms with Crippen molar-refractivity contribution >= 4 is 26.9 Å². The van der Waals surface area contributed by atoms with Crippen LogP contribution in [0.1, 0.15) is 12.5 Å². The SMILES string of the molecule is CC1CN(Cc2cc(=O)oc3cc(Br)ccc23)CCN1. The third kappa shape index (κ3) is 2.95. The quantitative estimate of drug-likeness (QED) is 0.855. The number of nitrogens with one attached hydrogen (secondary N) is 1. The van der Waals surface area contributed by atoms with E-state index in [0.29, 0.717) is 11.6 Å². The van der Waals surface area contributed by atoms with Crippen molar-refractivity contribution in [3.63, 3.8) is 0 Å². The van der Waals surface area contributed by atoms with Crippen molar-refractivity contribution in [3.05, 3.63) is 44.7 Å². The third-order valence-corrected chi connectivity index (χ3v) is 4.13. The average molecular weight is 337 g/mol. The molecular weight excluding hydrogens is 320 g/mol. The largest absolute Gasteiger partial charge is 0.423 e. The summed E-state index contributed by atoms with van der Waals surface area (Å²) in [6.07, 6.45) is 0. The fourth-order valence-corrected chi connectivity index (χ4v) is 3.07. The van der Waals surface area contributed by atoms with E-state index in [-0.39, 0.29) is 5.63 Å². The van der Waals surface area contributed by atoms with Crippen LogP contribution in [0.15, 0.2) is 37.9 Å². The smallest absolute Gasteiger partial charge is 0.336 e. The fourth-order valence-electron chi connectivity index (χ4n) is 2.73. The predicted octanol–water partition coefficient (Wildman–Crippen LogP) is 2.35. The Hall–Kier alpha value is -1.17. The summed E-state index contributed by atoms with van der Waals surface area (Å²) in [4.78, 5) is 14.1. The number of piperazine rings is 1. The first-order valence-corrected chi connectivity index (χ1v) is 7.59. The van der Waals surface area contributed by atoms with E-state index in [4.69, 9.17) is 4.42 Å². The number of rotatable bonds is 2. The topological polar surface area (TPSA) is 45.5 Å². The van der Waals surface area contributed by atoms with E-state index < -0.39 is 0 Å². The van der Waals surface area contributed by atoms with Crippen molar-refractivity contribution in [2.75, 3.05) is 19.6 Å². The molecule has 5 heteroatoms. The highest BCUT2D eigenvalue weighted by Crippen LogP contribution is 2.22. The molecule has 106 valence electrons. The number of halogens is 1. The Kier molecular flexibility index (Phi) is 3.92. The monoisotopic (exact) mass is 336 g/mol. The van der Waals surface area contributed by atoms with Gasteiger partial charge in [0.1, 0.15) is 5.58 Å². The Labute approximate surface area is 125 Å².